The highest BCUT2D eigenvalue weighted by atomic mass is 16.3. The number of fused-ring (bicyclic) bond motifs is 5. The molecule has 11 atom stereocenters. The van der Waals surface area contributed by atoms with Gasteiger partial charge in [-0.05, 0) is 115 Å². The van der Waals surface area contributed by atoms with Crippen molar-refractivity contribution < 1.29 is 5.11 Å². The first-order valence-corrected chi connectivity index (χ1v) is 13.9. The van der Waals surface area contributed by atoms with E-state index in [-0.39, 0.29) is 6.10 Å². The van der Waals surface area contributed by atoms with Crippen molar-refractivity contribution in [1.29, 1.82) is 0 Å². The Balaban J connectivity index is 1.53. The second kappa shape index (κ2) is 8.48. The number of allylic oxidation sites excluding steroid dienone is 2. The summed E-state index contributed by atoms with van der Waals surface area (Å²) in [6.45, 7) is 20.0. The Morgan fingerprint density at radius 3 is 2.26 bits per heavy atom. The topological polar surface area (TPSA) is 20.2 Å². The van der Waals surface area contributed by atoms with Crippen LogP contribution < -0.4 is 0 Å². The summed E-state index contributed by atoms with van der Waals surface area (Å²) < 4.78 is 0. The fraction of sp³-hybridized carbons (Fsp3) is 0.933. The smallest absolute Gasteiger partial charge is 0.0568 e. The van der Waals surface area contributed by atoms with E-state index < -0.39 is 0 Å². The molecule has 11 unspecified atom stereocenters. The summed E-state index contributed by atoms with van der Waals surface area (Å²) in [7, 11) is 0. The lowest BCUT2D eigenvalue weighted by molar-refractivity contribution is -0.0775. The van der Waals surface area contributed by atoms with Gasteiger partial charge in [-0.25, -0.2) is 0 Å². The molecule has 0 spiro atoms. The number of aliphatic hydroxyl groups excluding tert-OH is 1. The molecule has 0 radical (unpaired) electrons. The Labute approximate surface area is 193 Å². The molecule has 0 amide bonds. The highest BCUT2D eigenvalue weighted by Gasteiger charge is 2.59. The zero-order chi connectivity index (χ0) is 22.7. The molecular weight excluding hydrogens is 376 g/mol. The maximum atomic E-state index is 10.5. The van der Waals surface area contributed by atoms with Gasteiger partial charge in [-0.2, -0.15) is 0 Å². The van der Waals surface area contributed by atoms with Gasteiger partial charge in [0.05, 0.1) is 6.10 Å². The van der Waals surface area contributed by atoms with E-state index in [1.165, 1.54) is 44.9 Å². The van der Waals surface area contributed by atoms with E-state index in [4.69, 9.17) is 0 Å². The van der Waals surface area contributed by atoms with Gasteiger partial charge in [0.1, 0.15) is 0 Å². The molecular formula is C30H52O. The third-order valence-electron chi connectivity index (χ3n) is 12.0. The lowest BCUT2D eigenvalue weighted by atomic mass is 9.46. The lowest BCUT2D eigenvalue weighted by Gasteiger charge is -2.59. The minimum atomic E-state index is -0.0752. The summed E-state index contributed by atoms with van der Waals surface area (Å²) in [4.78, 5) is 0. The van der Waals surface area contributed by atoms with Crippen molar-refractivity contribution in [3.8, 4) is 0 Å². The second-order valence-corrected chi connectivity index (χ2v) is 13.6. The van der Waals surface area contributed by atoms with Gasteiger partial charge in [0.15, 0.2) is 0 Å². The fourth-order valence-corrected chi connectivity index (χ4v) is 9.54. The predicted molar refractivity (Wildman–Crippen MR) is 133 cm³/mol. The summed E-state index contributed by atoms with van der Waals surface area (Å²) in [6.07, 6.45) is 13.2. The van der Waals surface area contributed by atoms with Crippen molar-refractivity contribution in [2.24, 2.45) is 64.1 Å². The number of hydrogen-bond acceptors (Lipinski definition) is 1. The molecule has 0 saturated heterocycles. The molecule has 0 aromatic carbocycles. The molecule has 31 heavy (non-hydrogen) atoms. The van der Waals surface area contributed by atoms with Crippen molar-refractivity contribution in [3.05, 3.63) is 11.6 Å². The van der Waals surface area contributed by atoms with Gasteiger partial charge < -0.3 is 5.11 Å². The van der Waals surface area contributed by atoms with E-state index in [1.807, 2.05) is 5.57 Å². The van der Waals surface area contributed by atoms with Crippen LogP contribution in [-0.2, 0) is 0 Å². The van der Waals surface area contributed by atoms with Crippen LogP contribution in [0, 0.1) is 64.1 Å². The Morgan fingerprint density at radius 2 is 1.58 bits per heavy atom. The second-order valence-electron chi connectivity index (χ2n) is 13.6. The molecule has 1 N–H and O–H groups in total. The minimum absolute atomic E-state index is 0.0752. The minimum Gasteiger partial charge on any atom is -0.393 e. The highest BCUT2D eigenvalue weighted by Crippen LogP contribution is 2.67. The van der Waals surface area contributed by atoms with E-state index in [9.17, 15) is 5.11 Å². The first-order valence-electron chi connectivity index (χ1n) is 13.9. The van der Waals surface area contributed by atoms with E-state index >= 15 is 0 Å². The van der Waals surface area contributed by atoms with Crippen LogP contribution in [0.2, 0.25) is 0 Å². The molecule has 4 aliphatic carbocycles. The summed E-state index contributed by atoms with van der Waals surface area (Å²) in [5.41, 5.74) is 2.81. The largest absolute Gasteiger partial charge is 0.393 e. The third kappa shape index (κ3) is 3.77. The molecule has 0 aromatic rings. The first kappa shape index (κ1) is 23.8. The third-order valence-corrected chi connectivity index (χ3v) is 12.0. The Bertz CT molecular complexity index is 678. The van der Waals surface area contributed by atoms with Crippen LogP contribution in [0.25, 0.3) is 0 Å². The van der Waals surface area contributed by atoms with Gasteiger partial charge in [-0.3, -0.25) is 0 Å². The van der Waals surface area contributed by atoms with Crippen LogP contribution in [-0.4, -0.2) is 11.2 Å². The van der Waals surface area contributed by atoms with Gasteiger partial charge in [-0.1, -0.05) is 67.0 Å². The van der Waals surface area contributed by atoms with E-state index in [1.54, 1.807) is 0 Å². The number of aliphatic hydroxyl groups is 1. The Kier molecular flexibility index (Phi) is 6.53. The number of rotatable bonds is 5. The van der Waals surface area contributed by atoms with Gasteiger partial charge in [0, 0.05) is 0 Å². The molecule has 178 valence electrons. The van der Waals surface area contributed by atoms with E-state index in [0.29, 0.717) is 22.7 Å². The summed E-state index contributed by atoms with van der Waals surface area (Å²) in [6, 6.07) is 0. The van der Waals surface area contributed by atoms with Crippen LogP contribution >= 0.6 is 0 Å². The van der Waals surface area contributed by atoms with Crippen molar-refractivity contribution in [2.45, 2.75) is 113 Å². The molecule has 3 fully saturated rings. The van der Waals surface area contributed by atoms with Crippen molar-refractivity contribution in [1.82, 2.24) is 0 Å². The zero-order valence-electron chi connectivity index (χ0n) is 22.0. The molecule has 3 saturated carbocycles. The van der Waals surface area contributed by atoms with Gasteiger partial charge >= 0.3 is 0 Å². The molecule has 0 aliphatic heterocycles. The van der Waals surface area contributed by atoms with Crippen LogP contribution in [0.4, 0.5) is 0 Å². The van der Waals surface area contributed by atoms with Gasteiger partial charge in [-0.15, -0.1) is 0 Å². The van der Waals surface area contributed by atoms with E-state index in [0.717, 1.165) is 47.8 Å². The van der Waals surface area contributed by atoms with Gasteiger partial charge in [0.2, 0.25) is 0 Å². The SMILES string of the molecule is CC(C)C(C)C(C)CC(C)C1CCC2C3=CCC4C(C)C(O)CCC4(C)C3CCC21C. The Morgan fingerprint density at radius 1 is 0.935 bits per heavy atom. The average Bonchev–Trinajstić information content (AvgIpc) is 3.07. The summed E-state index contributed by atoms with van der Waals surface area (Å²) in [5.74, 6) is 6.96. The maximum absolute atomic E-state index is 10.5. The van der Waals surface area contributed by atoms with Crippen LogP contribution in [0.15, 0.2) is 11.6 Å². The average molecular weight is 429 g/mol. The molecule has 4 aliphatic rings. The fourth-order valence-electron chi connectivity index (χ4n) is 9.54. The normalized spacial score (nSPS) is 47.7. The molecule has 1 nitrogen and oxygen atoms in total. The zero-order valence-corrected chi connectivity index (χ0v) is 22.0. The number of hydrogen-bond donors (Lipinski definition) is 1. The van der Waals surface area contributed by atoms with Crippen LogP contribution in [0.5, 0.6) is 0 Å². The Hall–Kier alpha value is -0.300. The molecule has 1 heteroatoms. The van der Waals surface area contributed by atoms with Crippen LogP contribution in [0.1, 0.15) is 107 Å². The van der Waals surface area contributed by atoms with Crippen molar-refractivity contribution >= 4 is 0 Å². The van der Waals surface area contributed by atoms with E-state index in [2.05, 4.69) is 61.5 Å². The predicted octanol–water partition coefficient (Wildman–Crippen LogP) is 8.13. The first-order chi connectivity index (χ1) is 14.5. The molecule has 0 heterocycles. The standard InChI is InChI=1S/C30H52O/c1-18(2)21(5)19(3)17-20(4)24-11-12-26-23-9-10-25-22(6)28(31)14-16-30(25,8)27(23)13-15-29(24,26)7/h9,18-22,24-28,31H,10-17H2,1-8H3. The van der Waals surface area contributed by atoms with Crippen LogP contribution in [0.3, 0.4) is 0 Å². The quantitative estimate of drug-likeness (QED) is 0.438. The summed E-state index contributed by atoms with van der Waals surface area (Å²) >= 11 is 0. The molecule has 0 aromatic heterocycles. The molecule has 4 rings (SSSR count). The van der Waals surface area contributed by atoms with Crippen molar-refractivity contribution in [2.75, 3.05) is 0 Å². The van der Waals surface area contributed by atoms with Gasteiger partial charge in [0.25, 0.3) is 0 Å². The molecule has 0 bridgehead atoms. The van der Waals surface area contributed by atoms with Crippen molar-refractivity contribution in [3.63, 3.8) is 0 Å². The lowest BCUT2D eigenvalue weighted by Crippen LogP contribution is -2.52. The monoisotopic (exact) mass is 428 g/mol. The summed E-state index contributed by atoms with van der Waals surface area (Å²) in [5, 5.41) is 10.5. The maximum Gasteiger partial charge on any atom is 0.0568 e. The highest BCUT2D eigenvalue weighted by molar-refractivity contribution is 5.28.